The smallest absolute Gasteiger partial charge is 0.326 e. The predicted octanol–water partition coefficient (Wildman–Crippen LogP) is -2.19. The number of aliphatic carboxylic acids is 1. The molecule has 102 valence electrons. The number of rotatable bonds is 6. The van der Waals surface area contributed by atoms with Crippen LogP contribution in [-0.4, -0.2) is 54.7 Å². The first-order chi connectivity index (χ1) is 8.43. The number of carbonyl (C=O) groups is 3. The normalized spacial score (nSPS) is 24.5. The van der Waals surface area contributed by atoms with Crippen LogP contribution in [0.2, 0.25) is 0 Å². The molecule has 0 radical (unpaired) electrons. The second-order valence-corrected chi connectivity index (χ2v) is 4.12. The third-order valence-electron chi connectivity index (χ3n) is 2.76. The van der Waals surface area contributed by atoms with E-state index in [1.54, 1.807) is 7.11 Å². The summed E-state index contributed by atoms with van der Waals surface area (Å²) in [5.41, 5.74) is 4.91. The van der Waals surface area contributed by atoms with E-state index in [1.165, 1.54) is 0 Å². The Morgan fingerprint density at radius 3 is 2.67 bits per heavy atom. The molecule has 0 saturated carbocycles. The fraction of sp³-hybridized carbons (Fsp3) is 0.700. The van der Waals surface area contributed by atoms with Gasteiger partial charge in [-0.15, -0.1) is 0 Å². The van der Waals surface area contributed by atoms with Gasteiger partial charge in [0.15, 0.2) is 0 Å². The van der Waals surface area contributed by atoms with Gasteiger partial charge in [-0.1, -0.05) is 0 Å². The summed E-state index contributed by atoms with van der Waals surface area (Å²) in [4.78, 5) is 33.3. The summed E-state index contributed by atoms with van der Waals surface area (Å²) in [5, 5.41) is 14.0. The van der Waals surface area contributed by atoms with Crippen molar-refractivity contribution in [2.75, 3.05) is 13.7 Å². The average Bonchev–Trinajstić information content (AvgIpc) is 2.75. The number of hydrogen-bond acceptors (Lipinski definition) is 5. The van der Waals surface area contributed by atoms with Gasteiger partial charge in [0, 0.05) is 13.7 Å². The lowest BCUT2D eigenvalue weighted by Crippen LogP contribution is -2.49. The minimum absolute atomic E-state index is 0.0693. The molecule has 0 spiro atoms. The lowest BCUT2D eigenvalue weighted by Gasteiger charge is -2.16. The summed E-state index contributed by atoms with van der Waals surface area (Å²) in [6.07, 6.45) is -0.0348. The van der Waals surface area contributed by atoms with Crippen molar-refractivity contribution in [3.8, 4) is 0 Å². The Kier molecular flexibility index (Phi) is 5.05. The Morgan fingerprint density at radius 1 is 1.56 bits per heavy atom. The van der Waals surface area contributed by atoms with Gasteiger partial charge in [-0.3, -0.25) is 9.59 Å². The highest BCUT2D eigenvalue weighted by atomic mass is 16.5. The Morgan fingerprint density at radius 2 is 2.22 bits per heavy atom. The molecule has 1 heterocycles. The van der Waals surface area contributed by atoms with E-state index in [2.05, 4.69) is 10.6 Å². The first-order valence-corrected chi connectivity index (χ1v) is 5.51. The van der Waals surface area contributed by atoms with E-state index in [0.29, 0.717) is 13.0 Å². The molecule has 1 aliphatic rings. The second-order valence-electron chi connectivity index (χ2n) is 4.12. The Balaban J connectivity index is 2.51. The van der Waals surface area contributed by atoms with Gasteiger partial charge < -0.3 is 26.2 Å². The van der Waals surface area contributed by atoms with Crippen LogP contribution in [-0.2, 0) is 19.1 Å². The highest BCUT2D eigenvalue weighted by Gasteiger charge is 2.32. The lowest BCUT2D eigenvalue weighted by molar-refractivity contribution is -0.143. The Bertz CT molecular complexity index is 346. The molecule has 3 atom stereocenters. The van der Waals surface area contributed by atoms with E-state index in [4.69, 9.17) is 15.6 Å². The molecule has 0 bridgehead atoms. The standard InChI is InChI=1S/C10H17N3O5/c1-18-5-2-6(12-4-5)9(15)13-7(10(16)17)3-8(11)14/h5-7,12H,2-4H2,1H3,(H2,11,14)(H,13,15)(H,16,17)/t5?,6?,7-/m0/s1. The fourth-order valence-corrected chi connectivity index (χ4v) is 1.76. The van der Waals surface area contributed by atoms with Crippen LogP contribution < -0.4 is 16.4 Å². The van der Waals surface area contributed by atoms with Gasteiger partial charge in [-0.05, 0) is 6.42 Å². The van der Waals surface area contributed by atoms with Crippen molar-refractivity contribution in [3.63, 3.8) is 0 Å². The van der Waals surface area contributed by atoms with Crippen molar-refractivity contribution < 1.29 is 24.2 Å². The zero-order valence-electron chi connectivity index (χ0n) is 10.0. The number of amides is 2. The average molecular weight is 259 g/mol. The van der Waals surface area contributed by atoms with E-state index >= 15 is 0 Å². The summed E-state index contributed by atoms with van der Waals surface area (Å²) in [7, 11) is 1.54. The SMILES string of the molecule is COC1CNC(C(=O)N[C@@H](CC(N)=O)C(=O)O)C1. The number of hydrogen-bond donors (Lipinski definition) is 4. The molecule has 2 amide bonds. The zero-order chi connectivity index (χ0) is 13.7. The number of carboxylic acids is 1. The number of nitrogens with one attached hydrogen (secondary N) is 2. The number of primary amides is 1. The third-order valence-corrected chi connectivity index (χ3v) is 2.76. The van der Waals surface area contributed by atoms with Crippen LogP contribution >= 0.6 is 0 Å². The van der Waals surface area contributed by atoms with Crippen molar-refractivity contribution in [1.82, 2.24) is 10.6 Å². The van der Waals surface area contributed by atoms with Crippen LogP contribution in [0.15, 0.2) is 0 Å². The number of methoxy groups -OCH3 is 1. The molecular formula is C10H17N3O5. The van der Waals surface area contributed by atoms with Gasteiger partial charge in [0.2, 0.25) is 11.8 Å². The van der Waals surface area contributed by atoms with Gasteiger partial charge >= 0.3 is 5.97 Å². The zero-order valence-corrected chi connectivity index (χ0v) is 10.0. The molecule has 2 unspecified atom stereocenters. The van der Waals surface area contributed by atoms with Crippen molar-refractivity contribution in [2.45, 2.75) is 31.0 Å². The fourth-order valence-electron chi connectivity index (χ4n) is 1.76. The van der Waals surface area contributed by atoms with Gasteiger partial charge in [0.25, 0.3) is 0 Å². The monoisotopic (exact) mass is 259 g/mol. The molecule has 1 aliphatic heterocycles. The second kappa shape index (κ2) is 6.31. The maximum absolute atomic E-state index is 11.8. The van der Waals surface area contributed by atoms with Gasteiger partial charge in [-0.2, -0.15) is 0 Å². The van der Waals surface area contributed by atoms with Crippen LogP contribution in [0.3, 0.4) is 0 Å². The summed E-state index contributed by atoms with van der Waals surface area (Å²) < 4.78 is 5.08. The molecule has 8 nitrogen and oxygen atoms in total. The molecule has 0 aromatic heterocycles. The number of carboxylic acid groups (broad SMARTS) is 1. The Labute approximate surface area is 104 Å². The van der Waals surface area contributed by atoms with Crippen molar-refractivity contribution in [2.24, 2.45) is 5.73 Å². The molecular weight excluding hydrogens is 242 g/mol. The summed E-state index contributed by atoms with van der Waals surface area (Å²) in [6.45, 7) is 0.530. The van der Waals surface area contributed by atoms with Crippen molar-refractivity contribution in [3.05, 3.63) is 0 Å². The van der Waals surface area contributed by atoms with Crippen LogP contribution in [0.4, 0.5) is 0 Å². The van der Waals surface area contributed by atoms with Gasteiger partial charge in [-0.25, -0.2) is 4.79 Å². The van der Waals surface area contributed by atoms with E-state index in [9.17, 15) is 14.4 Å². The predicted molar refractivity (Wildman–Crippen MR) is 60.6 cm³/mol. The molecule has 1 rings (SSSR count). The van der Waals surface area contributed by atoms with Crippen molar-refractivity contribution >= 4 is 17.8 Å². The largest absolute Gasteiger partial charge is 0.480 e. The number of nitrogens with two attached hydrogens (primary N) is 1. The molecule has 0 aromatic carbocycles. The maximum Gasteiger partial charge on any atom is 0.326 e. The van der Waals surface area contributed by atoms with E-state index in [0.717, 1.165) is 0 Å². The highest BCUT2D eigenvalue weighted by Crippen LogP contribution is 2.09. The number of ether oxygens (including phenoxy) is 1. The first-order valence-electron chi connectivity index (χ1n) is 5.51. The van der Waals surface area contributed by atoms with Crippen LogP contribution in [0, 0.1) is 0 Å². The summed E-state index contributed by atoms with van der Waals surface area (Å²) in [5.74, 6) is -2.54. The van der Waals surface area contributed by atoms with E-state index in [-0.39, 0.29) is 6.10 Å². The molecule has 8 heteroatoms. The van der Waals surface area contributed by atoms with Crippen molar-refractivity contribution in [1.29, 1.82) is 0 Å². The van der Waals surface area contributed by atoms with Crippen LogP contribution in [0.5, 0.6) is 0 Å². The minimum atomic E-state index is -1.29. The van der Waals surface area contributed by atoms with E-state index < -0.39 is 36.3 Å². The van der Waals surface area contributed by atoms with E-state index in [1.807, 2.05) is 0 Å². The molecule has 0 aromatic rings. The van der Waals surface area contributed by atoms with Crippen LogP contribution in [0.25, 0.3) is 0 Å². The molecule has 0 aliphatic carbocycles. The summed E-state index contributed by atoms with van der Waals surface area (Å²) >= 11 is 0. The third kappa shape index (κ3) is 3.97. The molecule has 5 N–H and O–H groups in total. The molecule has 18 heavy (non-hydrogen) atoms. The summed E-state index contributed by atoms with van der Waals surface area (Å²) in [6, 6.07) is -1.80. The lowest BCUT2D eigenvalue weighted by atomic mass is 10.1. The van der Waals surface area contributed by atoms with Gasteiger partial charge in [0.05, 0.1) is 18.6 Å². The number of carbonyl (C=O) groups excluding carboxylic acids is 2. The van der Waals surface area contributed by atoms with Gasteiger partial charge in [0.1, 0.15) is 6.04 Å². The highest BCUT2D eigenvalue weighted by molar-refractivity contribution is 5.90. The Hall–Kier alpha value is -1.67. The van der Waals surface area contributed by atoms with Crippen LogP contribution in [0.1, 0.15) is 12.8 Å². The molecule has 1 saturated heterocycles. The quantitative estimate of drug-likeness (QED) is 0.428. The minimum Gasteiger partial charge on any atom is -0.480 e. The topological polar surface area (TPSA) is 131 Å². The first kappa shape index (κ1) is 14.4. The maximum atomic E-state index is 11.8. The molecule has 1 fully saturated rings.